The molecule has 0 aromatic rings. The van der Waals surface area contributed by atoms with Crippen LogP contribution >= 0.6 is 0 Å². The van der Waals surface area contributed by atoms with Crippen molar-refractivity contribution in [2.24, 2.45) is 11.3 Å². The van der Waals surface area contributed by atoms with Crippen molar-refractivity contribution in [3.8, 4) is 0 Å². The van der Waals surface area contributed by atoms with E-state index in [0.29, 0.717) is 19.5 Å². The van der Waals surface area contributed by atoms with Crippen LogP contribution in [-0.4, -0.2) is 60.1 Å². The molecule has 0 aromatic heterocycles. The van der Waals surface area contributed by atoms with E-state index in [4.69, 9.17) is 9.47 Å². The quantitative estimate of drug-likeness (QED) is 0.649. The molecule has 30 heavy (non-hydrogen) atoms. The van der Waals surface area contributed by atoms with E-state index in [0.717, 1.165) is 35.3 Å². The summed E-state index contributed by atoms with van der Waals surface area (Å²) in [5.74, 6) is -0.504. The highest BCUT2D eigenvalue weighted by Gasteiger charge is 2.52. The van der Waals surface area contributed by atoms with Gasteiger partial charge in [-0.3, -0.25) is 9.59 Å². The van der Waals surface area contributed by atoms with Crippen LogP contribution in [0, 0.1) is 11.3 Å². The number of likely N-dealkylation sites (N-methyl/N-ethyl adjacent to an activating group) is 1. The lowest BCUT2D eigenvalue weighted by atomic mass is 9.59. The number of ether oxygens (including phenoxy) is 2. The van der Waals surface area contributed by atoms with E-state index >= 15 is 0 Å². The second-order valence-corrected chi connectivity index (χ2v) is 9.12. The third-order valence-corrected chi connectivity index (χ3v) is 7.31. The molecule has 0 unspecified atom stereocenters. The van der Waals surface area contributed by atoms with Crippen molar-refractivity contribution < 1.29 is 23.9 Å². The van der Waals surface area contributed by atoms with Crippen LogP contribution < -0.4 is 0 Å². The molecule has 4 atom stereocenters. The first-order valence-corrected chi connectivity index (χ1v) is 10.7. The van der Waals surface area contributed by atoms with E-state index in [2.05, 4.69) is 6.92 Å². The van der Waals surface area contributed by atoms with Crippen molar-refractivity contribution >= 4 is 18.0 Å². The smallest absolute Gasteiger partial charge is 0.410 e. The van der Waals surface area contributed by atoms with Crippen molar-refractivity contribution in [1.29, 1.82) is 0 Å². The standard InChI is InChI=1S/C23H30N2O5/c1-13-17-12-23(4)14(2)20(30-22(28)25-8-6-7-9-25)19(29-15(3)26)11-16(23)10-18(17)24(5)21(13)27/h10-11,14,19-20H,6-9,12H2,1-5H3/t14-,19+,20+,23+/m0/s1. The summed E-state index contributed by atoms with van der Waals surface area (Å²) < 4.78 is 11.5. The minimum absolute atomic E-state index is 0.0142. The molecular formula is C23H30N2O5. The zero-order valence-corrected chi connectivity index (χ0v) is 18.4. The van der Waals surface area contributed by atoms with Gasteiger partial charge in [0.15, 0.2) is 6.10 Å². The number of fused-ring (bicyclic) bond motifs is 2. The summed E-state index contributed by atoms with van der Waals surface area (Å²) in [5, 5.41) is 0. The third kappa shape index (κ3) is 3.15. The van der Waals surface area contributed by atoms with Gasteiger partial charge in [-0.25, -0.2) is 4.79 Å². The van der Waals surface area contributed by atoms with Gasteiger partial charge in [0.05, 0.1) is 0 Å². The Morgan fingerprint density at radius 3 is 2.50 bits per heavy atom. The first-order valence-electron chi connectivity index (χ1n) is 10.7. The van der Waals surface area contributed by atoms with E-state index in [1.807, 2.05) is 26.0 Å². The Morgan fingerprint density at radius 2 is 1.87 bits per heavy atom. The molecule has 162 valence electrons. The number of esters is 1. The summed E-state index contributed by atoms with van der Waals surface area (Å²) in [4.78, 5) is 40.4. The van der Waals surface area contributed by atoms with Crippen LogP contribution in [0.15, 0.2) is 34.6 Å². The Labute approximate surface area is 177 Å². The van der Waals surface area contributed by atoms with Gasteiger partial charge in [-0.05, 0) is 49.5 Å². The van der Waals surface area contributed by atoms with Crippen molar-refractivity contribution in [1.82, 2.24) is 9.80 Å². The fourth-order valence-electron chi connectivity index (χ4n) is 5.21. The van der Waals surface area contributed by atoms with Crippen LogP contribution in [0.3, 0.4) is 0 Å². The average molecular weight is 415 g/mol. The van der Waals surface area contributed by atoms with Crippen LogP contribution in [0.25, 0.3) is 0 Å². The molecule has 0 radical (unpaired) electrons. The molecule has 7 nitrogen and oxygen atoms in total. The lowest BCUT2D eigenvalue weighted by molar-refractivity contribution is -0.153. The molecular weight excluding hydrogens is 384 g/mol. The molecule has 1 saturated heterocycles. The van der Waals surface area contributed by atoms with Crippen LogP contribution in [0.1, 0.15) is 47.0 Å². The van der Waals surface area contributed by atoms with Crippen molar-refractivity contribution in [2.75, 3.05) is 20.1 Å². The Morgan fingerprint density at radius 1 is 1.20 bits per heavy atom. The van der Waals surface area contributed by atoms with Crippen molar-refractivity contribution in [2.45, 2.75) is 59.2 Å². The maximum Gasteiger partial charge on any atom is 0.410 e. The van der Waals surface area contributed by atoms with E-state index in [1.165, 1.54) is 6.92 Å². The summed E-state index contributed by atoms with van der Waals surface area (Å²) in [6.45, 7) is 8.81. The molecule has 2 heterocycles. The van der Waals surface area contributed by atoms with Gasteiger partial charge in [0.25, 0.3) is 5.91 Å². The minimum atomic E-state index is -0.655. The number of hydrogen-bond acceptors (Lipinski definition) is 5. The fourth-order valence-corrected chi connectivity index (χ4v) is 5.21. The van der Waals surface area contributed by atoms with Gasteiger partial charge >= 0.3 is 12.1 Å². The zero-order chi connectivity index (χ0) is 21.8. The van der Waals surface area contributed by atoms with Gasteiger partial charge in [-0.15, -0.1) is 0 Å². The molecule has 4 rings (SSSR count). The predicted octanol–water partition coefficient (Wildman–Crippen LogP) is 3.18. The van der Waals surface area contributed by atoms with Crippen LogP contribution in [-0.2, 0) is 19.1 Å². The summed E-state index contributed by atoms with van der Waals surface area (Å²) in [7, 11) is 1.78. The molecule has 1 fully saturated rings. The number of likely N-dealkylation sites (tertiary alicyclic amines) is 1. The van der Waals surface area contributed by atoms with E-state index in [1.54, 1.807) is 16.8 Å². The first kappa shape index (κ1) is 20.7. The number of carbonyl (C=O) groups excluding carboxylic acids is 3. The summed E-state index contributed by atoms with van der Waals surface area (Å²) in [6.07, 6.45) is 4.98. The van der Waals surface area contributed by atoms with Crippen molar-refractivity contribution in [3.63, 3.8) is 0 Å². The number of amides is 2. The van der Waals surface area contributed by atoms with E-state index in [-0.39, 0.29) is 23.3 Å². The SMILES string of the molecule is CC(=O)O[C@@H]1C=C2C=C3C(=C(C)C(=O)N3C)C[C@]2(C)[C@@H](C)[C@H]1OC(=O)N1CCCC1. The van der Waals surface area contributed by atoms with Crippen molar-refractivity contribution in [3.05, 3.63) is 34.6 Å². The maximum atomic E-state index is 12.7. The number of nitrogens with zero attached hydrogens (tertiary/aromatic N) is 2. The Balaban J connectivity index is 1.72. The molecule has 7 heteroatoms. The molecule has 0 saturated carbocycles. The van der Waals surface area contributed by atoms with Gasteiger partial charge in [0.1, 0.15) is 6.10 Å². The highest BCUT2D eigenvalue weighted by atomic mass is 16.6. The van der Waals surface area contributed by atoms with Gasteiger partial charge in [0.2, 0.25) is 0 Å². The molecule has 2 amide bonds. The topological polar surface area (TPSA) is 76.1 Å². The lowest BCUT2D eigenvalue weighted by Crippen LogP contribution is -2.51. The zero-order valence-electron chi connectivity index (χ0n) is 18.4. The van der Waals surface area contributed by atoms with Gasteiger partial charge in [0, 0.05) is 49.7 Å². The highest BCUT2D eigenvalue weighted by Crippen LogP contribution is 2.54. The Hall–Kier alpha value is -2.57. The number of rotatable bonds is 2. The summed E-state index contributed by atoms with van der Waals surface area (Å²) in [5.41, 5.74) is 3.40. The molecule has 0 aromatic carbocycles. The van der Waals surface area contributed by atoms with Gasteiger partial charge in [-0.2, -0.15) is 0 Å². The first-order chi connectivity index (χ1) is 14.1. The monoisotopic (exact) mass is 414 g/mol. The van der Waals surface area contributed by atoms with Gasteiger partial charge in [-0.1, -0.05) is 13.8 Å². The van der Waals surface area contributed by atoms with E-state index in [9.17, 15) is 14.4 Å². The summed E-state index contributed by atoms with van der Waals surface area (Å²) in [6, 6.07) is 0. The molecule has 0 N–H and O–H groups in total. The lowest BCUT2D eigenvalue weighted by Gasteiger charge is -2.48. The molecule has 2 aliphatic carbocycles. The number of hydrogen-bond donors (Lipinski definition) is 0. The Bertz CT molecular complexity index is 895. The normalized spacial score (nSPS) is 33.1. The van der Waals surface area contributed by atoms with Crippen LogP contribution in [0.4, 0.5) is 4.79 Å². The molecule has 0 spiro atoms. The maximum absolute atomic E-state index is 12.7. The largest absolute Gasteiger partial charge is 0.454 e. The third-order valence-electron chi connectivity index (χ3n) is 7.31. The predicted molar refractivity (Wildman–Crippen MR) is 110 cm³/mol. The highest BCUT2D eigenvalue weighted by molar-refractivity contribution is 6.00. The van der Waals surface area contributed by atoms with Crippen LogP contribution in [0.5, 0.6) is 0 Å². The molecule has 4 aliphatic rings. The van der Waals surface area contributed by atoms with E-state index < -0.39 is 18.2 Å². The van der Waals surface area contributed by atoms with Gasteiger partial charge < -0.3 is 19.3 Å². The average Bonchev–Trinajstić information content (AvgIpc) is 3.29. The Kier molecular flexibility index (Phi) is 5.03. The molecule has 2 aliphatic heterocycles. The minimum Gasteiger partial charge on any atom is -0.454 e. The second-order valence-electron chi connectivity index (χ2n) is 9.12. The summed E-state index contributed by atoms with van der Waals surface area (Å²) >= 11 is 0. The molecule has 0 bridgehead atoms. The number of carbonyl (C=O) groups is 3. The van der Waals surface area contributed by atoms with Crippen LogP contribution in [0.2, 0.25) is 0 Å². The second kappa shape index (κ2) is 7.29. The fraction of sp³-hybridized carbons (Fsp3) is 0.609. The number of allylic oxidation sites excluding steroid dienone is 3.